The van der Waals surface area contributed by atoms with Gasteiger partial charge in [0.05, 0.1) is 39.3 Å². The number of benzene rings is 6. The van der Waals surface area contributed by atoms with Gasteiger partial charge in [-0.15, -0.1) is 0 Å². The van der Waals surface area contributed by atoms with Gasteiger partial charge in [-0.1, -0.05) is 319 Å². The summed E-state index contributed by atoms with van der Waals surface area (Å²) in [6.07, 6.45) is 46.8. The van der Waals surface area contributed by atoms with Crippen LogP contribution >= 0.6 is 0 Å². The maximum absolute atomic E-state index is 13.6. The molecule has 13 nitrogen and oxygen atoms in total. The largest absolute Gasteiger partial charge is 0.311 e. The van der Waals surface area contributed by atoms with Crippen molar-refractivity contribution in [2.24, 2.45) is 0 Å². The summed E-state index contributed by atoms with van der Waals surface area (Å²) >= 11 is 0. The Morgan fingerprint density at radius 1 is 0.234 bits per heavy atom. The van der Waals surface area contributed by atoms with Gasteiger partial charge >= 0.3 is 0 Å². The highest BCUT2D eigenvalue weighted by Gasteiger charge is 2.10. The van der Waals surface area contributed by atoms with Crippen LogP contribution in [0.25, 0.3) is 0 Å². The molecule has 0 N–H and O–H groups in total. The molecule has 6 heterocycles. The lowest BCUT2D eigenvalue weighted by atomic mass is 10.1. The minimum absolute atomic E-state index is 0.0358. The molecule has 0 aliphatic carbocycles. The van der Waals surface area contributed by atoms with E-state index in [0.29, 0.717) is 43.9 Å². The highest BCUT2D eigenvalue weighted by Crippen LogP contribution is 2.17. The second-order valence-electron chi connectivity index (χ2n) is 34.7. The van der Waals surface area contributed by atoms with Gasteiger partial charge in [-0.3, -0.25) is 33.6 Å². The Morgan fingerprint density at radius 3 is 0.617 bits per heavy atom. The second kappa shape index (κ2) is 59.6. The Balaban J connectivity index is 0.000000210. The normalized spacial score (nSPS) is 10.8. The summed E-state index contributed by atoms with van der Waals surface area (Å²) in [5, 5.41) is 0. The SMILES string of the molecule is CCCCCCc1ccn(Cc2ccc(C(C)=O)cc2)c(=O)c1.CCCCCCc1ccn(Cc2ccc(C)cc2)c(=O)c1.CCCCCCc1ccn(Cc2ccc(C)cc2)c(=O)c1.CCCCCCc1ccn(Cc2ccc(C)cc2)c(=O)c1.CCCCCCc1ccn(Cc2ccc(C)cc2)c(=O)c1.CCCCCCc1ccn(Cc2ccccc2F)c(=O)c1. The number of aryl methyl sites for hydroxylation is 10. The molecule has 0 atom stereocenters. The lowest BCUT2D eigenvalue weighted by molar-refractivity contribution is 0.101. The molecule has 14 heteroatoms. The van der Waals surface area contributed by atoms with E-state index >= 15 is 0 Å². The zero-order valence-electron chi connectivity index (χ0n) is 79.1. The van der Waals surface area contributed by atoms with Crippen molar-refractivity contribution in [2.45, 2.75) is 308 Å². The summed E-state index contributed by atoms with van der Waals surface area (Å²) in [5.41, 5.74) is 19.1. The fourth-order valence-electron chi connectivity index (χ4n) is 15.0. The lowest BCUT2D eigenvalue weighted by Gasteiger charge is -2.08. The van der Waals surface area contributed by atoms with E-state index in [4.69, 9.17) is 0 Å². The third-order valence-corrected chi connectivity index (χ3v) is 23.2. The van der Waals surface area contributed by atoms with Gasteiger partial charge < -0.3 is 27.4 Å². The van der Waals surface area contributed by atoms with Crippen molar-refractivity contribution >= 4 is 5.78 Å². The molecule has 0 unspecified atom stereocenters. The number of nitrogens with zero attached hydrogens (tertiary/aromatic N) is 6. The molecule has 6 aromatic heterocycles. The Bertz CT molecular complexity index is 5110. The van der Waals surface area contributed by atoms with Crippen LogP contribution in [0.3, 0.4) is 0 Å². The van der Waals surface area contributed by atoms with Crippen LogP contribution in [-0.2, 0) is 77.8 Å². The first kappa shape index (κ1) is 104. The standard InChI is InChI=1S/C20H25NO2.4C19H25NO.C18H22FNO/c1-3-4-5-6-7-17-12-13-21(20(23)14-17)15-18-8-10-19(11-9-18)16(2)22;4*1-3-4-5-6-7-17-12-13-20(19(21)14-17)15-18-10-8-16(2)9-11-18;1-2-3-4-5-8-15-11-12-20(18(21)13-15)14-16-9-6-7-10-17(16)19/h8-14H,3-7,15H2,1-2H3;4*8-14H,3-7,15H2,1-2H3;6-7,9-13H,2-5,8,14H2,1H3. The molecule has 128 heavy (non-hydrogen) atoms. The molecule has 0 spiro atoms. The van der Waals surface area contributed by atoms with Gasteiger partial charge in [0.1, 0.15) is 5.82 Å². The van der Waals surface area contributed by atoms with Crippen LogP contribution in [0.5, 0.6) is 0 Å². The zero-order chi connectivity index (χ0) is 92.1. The van der Waals surface area contributed by atoms with Crippen molar-refractivity contribution in [3.8, 4) is 0 Å². The quantitative estimate of drug-likeness (QED) is 0.0273. The molecule has 0 saturated heterocycles. The smallest absolute Gasteiger partial charge is 0.251 e. The van der Waals surface area contributed by atoms with E-state index in [1.54, 1.807) is 95.1 Å². The molecule has 0 aliphatic heterocycles. The van der Waals surface area contributed by atoms with Crippen molar-refractivity contribution in [1.82, 2.24) is 27.4 Å². The summed E-state index contributed by atoms with van der Waals surface area (Å²) in [7, 11) is 0. The number of halogens is 1. The molecule has 682 valence electrons. The van der Waals surface area contributed by atoms with Gasteiger partial charge in [0.15, 0.2) is 5.78 Å². The molecule has 0 radical (unpaired) electrons. The lowest BCUT2D eigenvalue weighted by Crippen LogP contribution is -2.20. The van der Waals surface area contributed by atoms with E-state index in [-0.39, 0.29) is 51.5 Å². The number of Topliss-reactive ketones (excluding diaryl/α,β-unsaturated/α-hetero) is 1. The molecule has 0 aliphatic rings. The number of pyridine rings is 6. The van der Waals surface area contributed by atoms with Crippen LogP contribution in [0.4, 0.5) is 4.39 Å². The summed E-state index contributed by atoms with van der Waals surface area (Å²) in [6.45, 7) is 26.5. The van der Waals surface area contributed by atoms with Crippen molar-refractivity contribution in [1.29, 1.82) is 0 Å². The number of hydrogen-bond donors (Lipinski definition) is 0. The van der Waals surface area contributed by atoms with Crippen LogP contribution in [0.2, 0.25) is 0 Å². The molecule has 0 amide bonds. The Morgan fingerprint density at radius 2 is 0.430 bits per heavy atom. The summed E-state index contributed by atoms with van der Waals surface area (Å²) in [4.78, 5) is 84.2. The number of aromatic nitrogens is 6. The fourth-order valence-corrected chi connectivity index (χ4v) is 15.0. The number of unbranched alkanes of at least 4 members (excludes halogenated alkanes) is 18. The monoisotopic (exact) mass is 1730 g/mol. The maximum atomic E-state index is 13.6. The van der Waals surface area contributed by atoms with Gasteiger partial charge in [-0.25, -0.2) is 4.39 Å². The second-order valence-corrected chi connectivity index (χ2v) is 34.7. The molecule has 6 aromatic carbocycles. The number of rotatable bonds is 43. The number of carbonyl (C=O) groups excluding carboxylic acids is 1. The summed E-state index contributed by atoms with van der Waals surface area (Å²) in [5.74, 6) is -0.214. The van der Waals surface area contributed by atoms with Gasteiger partial charge in [0, 0.05) is 84.7 Å². The summed E-state index contributed by atoms with van der Waals surface area (Å²) < 4.78 is 24.0. The van der Waals surface area contributed by atoms with Crippen LogP contribution in [0.1, 0.15) is 302 Å². The fraction of sp³-hybridized carbons (Fsp3) is 0.412. The molecule has 12 aromatic rings. The molecular formula is C114H147FN6O7. The van der Waals surface area contributed by atoms with Crippen LogP contribution in [0, 0.1) is 33.5 Å². The van der Waals surface area contributed by atoms with Gasteiger partial charge in [0.2, 0.25) is 0 Å². The minimum atomic E-state index is -0.270. The van der Waals surface area contributed by atoms with E-state index in [9.17, 15) is 38.0 Å². The van der Waals surface area contributed by atoms with Crippen LogP contribution in [0.15, 0.2) is 284 Å². The van der Waals surface area contributed by atoms with Crippen molar-refractivity contribution in [3.63, 3.8) is 0 Å². The van der Waals surface area contributed by atoms with Crippen LogP contribution in [-0.4, -0.2) is 33.2 Å². The van der Waals surface area contributed by atoms with Crippen molar-refractivity contribution < 1.29 is 9.18 Å². The predicted octanol–water partition coefficient (Wildman–Crippen LogP) is 25.7. The molecular weight excluding hydrogens is 1580 g/mol. The third kappa shape index (κ3) is 40.3. The Labute approximate surface area is 763 Å². The zero-order valence-corrected chi connectivity index (χ0v) is 79.1. The van der Waals surface area contributed by atoms with E-state index in [1.807, 2.05) is 67.4 Å². The maximum Gasteiger partial charge on any atom is 0.251 e. The average Bonchev–Trinajstić information content (AvgIpc) is 0.898. The van der Waals surface area contributed by atoms with Gasteiger partial charge in [-0.2, -0.15) is 0 Å². The predicted molar refractivity (Wildman–Crippen MR) is 533 cm³/mol. The van der Waals surface area contributed by atoms with E-state index < -0.39 is 0 Å². The topological polar surface area (TPSA) is 149 Å². The number of carbonyl (C=O) groups is 1. The van der Waals surface area contributed by atoms with Crippen molar-refractivity contribution in [3.05, 3.63) is 418 Å². The van der Waals surface area contributed by atoms with E-state index in [2.05, 4.69) is 191 Å². The molecule has 0 saturated carbocycles. The van der Waals surface area contributed by atoms with Gasteiger partial charge in [-0.05, 0) is 215 Å². The van der Waals surface area contributed by atoms with Crippen molar-refractivity contribution in [2.75, 3.05) is 0 Å². The molecule has 12 rings (SSSR count). The van der Waals surface area contributed by atoms with E-state index in [1.165, 1.54) is 192 Å². The average molecular weight is 1730 g/mol. The number of hydrogen-bond acceptors (Lipinski definition) is 7. The first-order valence-corrected chi connectivity index (χ1v) is 47.8. The molecule has 0 bridgehead atoms. The summed E-state index contributed by atoms with van der Waals surface area (Å²) in [6, 6.07) is 70.3. The highest BCUT2D eigenvalue weighted by atomic mass is 19.1. The highest BCUT2D eigenvalue weighted by molar-refractivity contribution is 5.94. The first-order valence-electron chi connectivity index (χ1n) is 47.8. The Hall–Kier alpha value is -11.4. The molecule has 0 fully saturated rings. The Kier molecular flexibility index (Phi) is 48.3. The van der Waals surface area contributed by atoms with Crippen LogP contribution < -0.4 is 33.4 Å². The van der Waals surface area contributed by atoms with Gasteiger partial charge in [0.25, 0.3) is 33.4 Å². The third-order valence-electron chi connectivity index (χ3n) is 23.2. The van der Waals surface area contributed by atoms with E-state index in [0.717, 1.165) is 90.3 Å². The minimum Gasteiger partial charge on any atom is -0.311 e. The first-order chi connectivity index (χ1) is 62.0. The number of ketones is 1.